The lowest BCUT2D eigenvalue weighted by Gasteiger charge is -1.87. The predicted molar refractivity (Wildman–Crippen MR) is 103 cm³/mol. The van der Waals surface area contributed by atoms with Crippen molar-refractivity contribution in [1.82, 2.24) is 0 Å². The van der Waals surface area contributed by atoms with Gasteiger partial charge in [-0.25, -0.2) is 5.11 Å². The first-order valence-electron chi connectivity index (χ1n) is 8.89. The molecule has 0 rings (SSSR count). The number of unbranched alkanes of at least 4 members (excludes halogenated alkanes) is 1. The first kappa shape index (κ1) is 21.4. The zero-order valence-corrected chi connectivity index (χ0v) is 14.7. The van der Waals surface area contributed by atoms with Gasteiger partial charge in [0, 0.05) is 0 Å². The molecule has 0 unspecified atom stereocenters. The number of rotatable bonds is 14. The van der Waals surface area contributed by atoms with Gasteiger partial charge in [-0.05, 0) is 51.4 Å². The van der Waals surface area contributed by atoms with E-state index in [1.165, 1.54) is 0 Å². The van der Waals surface area contributed by atoms with E-state index < -0.39 is 0 Å². The van der Waals surface area contributed by atoms with Gasteiger partial charge in [-0.1, -0.05) is 79.8 Å². The highest BCUT2D eigenvalue weighted by molar-refractivity contribution is 5.01. The Bertz CT molecular complexity index is 394. The van der Waals surface area contributed by atoms with E-state index in [2.05, 4.69) is 79.8 Å². The number of hydrogen-bond donors (Lipinski definition) is 0. The van der Waals surface area contributed by atoms with Crippen LogP contribution in [0.25, 0.3) is 0 Å². The van der Waals surface area contributed by atoms with Crippen molar-refractivity contribution in [3.05, 3.63) is 72.9 Å². The lowest BCUT2D eigenvalue weighted by Crippen LogP contribution is -1.75. The third-order valence-electron chi connectivity index (χ3n) is 3.11. The van der Waals surface area contributed by atoms with Crippen LogP contribution in [0.4, 0.5) is 0 Å². The van der Waals surface area contributed by atoms with Gasteiger partial charge in [0.25, 0.3) is 0 Å². The second-order valence-corrected chi connectivity index (χ2v) is 5.26. The van der Waals surface area contributed by atoms with Gasteiger partial charge in [-0.3, -0.25) is 0 Å². The van der Waals surface area contributed by atoms with Crippen molar-refractivity contribution in [3.8, 4) is 0 Å². The summed E-state index contributed by atoms with van der Waals surface area (Å²) >= 11 is 0. The predicted octanol–water partition coefficient (Wildman–Crippen LogP) is 6.89. The van der Waals surface area contributed by atoms with Crippen LogP contribution in [-0.4, -0.2) is 6.61 Å². The molecule has 0 heterocycles. The fraction of sp³-hybridized carbons (Fsp3) is 0.455. The second-order valence-electron chi connectivity index (χ2n) is 5.26. The average molecular weight is 314 g/mol. The Balaban J connectivity index is 3.47. The summed E-state index contributed by atoms with van der Waals surface area (Å²) in [7, 11) is 0. The summed E-state index contributed by atoms with van der Waals surface area (Å²) in [6, 6.07) is 0. The summed E-state index contributed by atoms with van der Waals surface area (Å²) in [6.45, 7) is 2.19. The van der Waals surface area contributed by atoms with Crippen LogP contribution in [-0.2, 0) is 5.11 Å². The summed E-state index contributed by atoms with van der Waals surface area (Å²) in [5.74, 6) is 0. The van der Waals surface area contributed by atoms with E-state index in [0.717, 1.165) is 51.4 Å². The standard InChI is InChI=1S/C22H33O/c1-2-3-4-5-6-7-8-9-10-11-12-13-14-15-16-17-18-19-20-21-22-23/h3-4,6-7,9-10,12-13,15-16,18-19H,2,5,8,11,14,17,20-22H2,1H3/b4-3+,7-6+,10-9+,13-12+,16-15+,19-18+. The fourth-order valence-corrected chi connectivity index (χ4v) is 1.84. The molecule has 0 aliphatic rings. The van der Waals surface area contributed by atoms with Crippen LogP contribution < -0.4 is 0 Å². The lowest BCUT2D eigenvalue weighted by atomic mass is 10.2. The third kappa shape index (κ3) is 20.4. The smallest absolute Gasteiger partial charge is 0.0825 e. The molecule has 1 radical (unpaired) electrons. The van der Waals surface area contributed by atoms with Crippen molar-refractivity contribution in [2.24, 2.45) is 0 Å². The van der Waals surface area contributed by atoms with E-state index in [4.69, 9.17) is 0 Å². The maximum atomic E-state index is 10.2. The molecule has 0 fully saturated rings. The number of hydrogen-bond acceptors (Lipinski definition) is 0. The van der Waals surface area contributed by atoms with Gasteiger partial charge >= 0.3 is 0 Å². The molecule has 0 N–H and O–H groups in total. The quantitative estimate of drug-likeness (QED) is 0.246. The van der Waals surface area contributed by atoms with E-state index in [-0.39, 0.29) is 6.61 Å². The van der Waals surface area contributed by atoms with Crippen LogP contribution in [0, 0.1) is 0 Å². The summed E-state index contributed by atoms with van der Waals surface area (Å²) in [4.78, 5) is 0. The van der Waals surface area contributed by atoms with Gasteiger partial charge in [0.05, 0.1) is 6.61 Å². The van der Waals surface area contributed by atoms with E-state index in [9.17, 15) is 5.11 Å². The van der Waals surface area contributed by atoms with Gasteiger partial charge in [0.2, 0.25) is 0 Å². The molecule has 0 saturated carbocycles. The molecule has 23 heavy (non-hydrogen) atoms. The van der Waals surface area contributed by atoms with Gasteiger partial charge in [-0.15, -0.1) is 0 Å². The molecule has 0 spiro atoms. The molecule has 0 aromatic carbocycles. The van der Waals surface area contributed by atoms with Gasteiger partial charge < -0.3 is 0 Å². The molecule has 1 heteroatoms. The minimum atomic E-state index is 0.0337. The van der Waals surface area contributed by atoms with E-state index in [1.54, 1.807) is 0 Å². The first-order valence-corrected chi connectivity index (χ1v) is 8.89. The summed E-state index contributed by atoms with van der Waals surface area (Å²) in [6.07, 6.45) is 34.1. The van der Waals surface area contributed by atoms with Crippen LogP contribution in [0.5, 0.6) is 0 Å². The molecule has 0 saturated heterocycles. The van der Waals surface area contributed by atoms with Crippen molar-refractivity contribution in [2.75, 3.05) is 6.61 Å². The minimum absolute atomic E-state index is 0.0337. The Hall–Kier alpha value is -1.60. The van der Waals surface area contributed by atoms with Crippen LogP contribution >= 0.6 is 0 Å². The molecule has 0 aromatic heterocycles. The normalized spacial score (nSPS) is 13.3. The van der Waals surface area contributed by atoms with Crippen LogP contribution in [0.3, 0.4) is 0 Å². The van der Waals surface area contributed by atoms with Crippen LogP contribution in [0.15, 0.2) is 72.9 Å². The van der Waals surface area contributed by atoms with Crippen molar-refractivity contribution < 1.29 is 5.11 Å². The van der Waals surface area contributed by atoms with E-state index >= 15 is 0 Å². The molecule has 0 amide bonds. The van der Waals surface area contributed by atoms with Gasteiger partial charge in [0.15, 0.2) is 0 Å². The highest BCUT2D eigenvalue weighted by Crippen LogP contribution is 1.97. The maximum absolute atomic E-state index is 10.2. The lowest BCUT2D eigenvalue weighted by molar-refractivity contribution is 0.190. The Kier molecular flexibility index (Phi) is 19.0. The Labute approximate surface area is 143 Å². The Morgan fingerprint density at radius 2 is 0.870 bits per heavy atom. The van der Waals surface area contributed by atoms with E-state index in [1.807, 2.05) is 0 Å². The fourth-order valence-electron chi connectivity index (χ4n) is 1.84. The van der Waals surface area contributed by atoms with E-state index in [0.29, 0.717) is 0 Å². The maximum Gasteiger partial charge on any atom is 0.0825 e. The minimum Gasteiger partial charge on any atom is -0.237 e. The highest BCUT2D eigenvalue weighted by Gasteiger charge is 1.79. The van der Waals surface area contributed by atoms with Crippen LogP contribution in [0.2, 0.25) is 0 Å². The molecule has 1 nitrogen and oxygen atoms in total. The number of allylic oxidation sites excluding steroid dienone is 12. The van der Waals surface area contributed by atoms with Crippen molar-refractivity contribution in [1.29, 1.82) is 0 Å². The molecule has 0 aliphatic carbocycles. The average Bonchev–Trinajstić information content (AvgIpc) is 2.57. The topological polar surface area (TPSA) is 19.9 Å². The zero-order valence-electron chi connectivity index (χ0n) is 14.7. The largest absolute Gasteiger partial charge is 0.237 e. The van der Waals surface area contributed by atoms with Crippen molar-refractivity contribution >= 4 is 0 Å². The zero-order chi connectivity index (χ0) is 16.8. The monoisotopic (exact) mass is 313 g/mol. The Morgan fingerprint density at radius 3 is 1.22 bits per heavy atom. The first-order chi connectivity index (χ1) is 11.4. The van der Waals surface area contributed by atoms with Crippen molar-refractivity contribution in [3.63, 3.8) is 0 Å². The highest BCUT2D eigenvalue weighted by atomic mass is 16.2. The van der Waals surface area contributed by atoms with Gasteiger partial charge in [-0.2, -0.15) is 0 Å². The van der Waals surface area contributed by atoms with Crippen molar-refractivity contribution in [2.45, 2.75) is 58.3 Å². The summed E-state index contributed by atoms with van der Waals surface area (Å²) in [5, 5.41) is 10.2. The third-order valence-corrected chi connectivity index (χ3v) is 3.11. The molecular formula is C22H33O. The molecule has 0 aliphatic heterocycles. The molecule has 0 atom stereocenters. The molecule has 0 aromatic rings. The molecular weight excluding hydrogens is 280 g/mol. The summed E-state index contributed by atoms with van der Waals surface area (Å²) < 4.78 is 0. The van der Waals surface area contributed by atoms with Crippen LogP contribution in [0.1, 0.15) is 58.3 Å². The summed E-state index contributed by atoms with van der Waals surface area (Å²) in [5.41, 5.74) is 0. The Morgan fingerprint density at radius 1 is 0.522 bits per heavy atom. The van der Waals surface area contributed by atoms with Gasteiger partial charge in [0.1, 0.15) is 0 Å². The second kappa shape index (κ2) is 20.4. The molecule has 127 valence electrons. The SMILES string of the molecule is CC/C=C/C/C=C/C/C=C/C/C=C/C/C=C/C/C=C/CCC[O]. The molecule has 0 bridgehead atoms.